The number of amides is 3. The van der Waals surface area contributed by atoms with Gasteiger partial charge in [0.05, 0.1) is 18.2 Å². The van der Waals surface area contributed by atoms with E-state index >= 15 is 0 Å². The lowest BCUT2D eigenvalue weighted by Crippen LogP contribution is -2.54. The lowest BCUT2D eigenvalue weighted by atomic mass is 10.1. The normalized spacial score (nSPS) is 18.2. The summed E-state index contributed by atoms with van der Waals surface area (Å²) in [5, 5.41) is 12.0. The molecule has 8 heteroatoms. The van der Waals surface area contributed by atoms with Crippen LogP contribution < -0.4 is 5.32 Å². The van der Waals surface area contributed by atoms with E-state index in [4.69, 9.17) is 10.00 Å². The van der Waals surface area contributed by atoms with Crippen LogP contribution in [0.3, 0.4) is 0 Å². The molecule has 2 heterocycles. The van der Waals surface area contributed by atoms with Crippen LogP contribution in [0.15, 0.2) is 24.3 Å². The number of urea groups is 1. The fourth-order valence-corrected chi connectivity index (χ4v) is 3.74. The van der Waals surface area contributed by atoms with Gasteiger partial charge in [0.2, 0.25) is 0 Å². The number of piperidine rings is 1. The number of benzene rings is 1. The van der Waals surface area contributed by atoms with Crippen LogP contribution in [-0.2, 0) is 11.3 Å². The van der Waals surface area contributed by atoms with E-state index in [-0.39, 0.29) is 18.2 Å². The summed E-state index contributed by atoms with van der Waals surface area (Å²) in [6.45, 7) is 7.29. The molecule has 0 radical (unpaired) electrons. The zero-order valence-electron chi connectivity index (χ0n) is 17.0. The third kappa shape index (κ3) is 5.84. The molecular formula is C21H29N5O3. The Morgan fingerprint density at radius 2 is 1.72 bits per heavy atom. The topological polar surface area (TPSA) is 88.9 Å². The van der Waals surface area contributed by atoms with Crippen molar-refractivity contribution in [3.05, 3.63) is 35.4 Å². The summed E-state index contributed by atoms with van der Waals surface area (Å²) in [4.78, 5) is 30.2. The van der Waals surface area contributed by atoms with Gasteiger partial charge in [0.1, 0.15) is 0 Å². The third-order valence-corrected chi connectivity index (χ3v) is 5.50. The van der Waals surface area contributed by atoms with Gasteiger partial charge in [-0.25, -0.2) is 9.59 Å². The molecule has 1 aromatic rings. The van der Waals surface area contributed by atoms with Gasteiger partial charge in [-0.3, -0.25) is 4.90 Å². The summed E-state index contributed by atoms with van der Waals surface area (Å²) in [6.07, 6.45) is 1.24. The predicted octanol–water partition coefficient (Wildman–Crippen LogP) is 2.01. The molecule has 1 aromatic carbocycles. The standard InChI is InChI=1S/C21H29N5O3/c1-2-29-21(28)26-9-7-19(8-10-26)23-20(27)25-13-11-24(12-14-25)16-18-5-3-17(15-22)4-6-18/h3-6,19H,2,7-14,16H2,1H3,(H,23,27). The van der Waals surface area contributed by atoms with Crippen LogP contribution in [0.2, 0.25) is 0 Å². The minimum absolute atomic E-state index is 0.0161. The van der Waals surface area contributed by atoms with Crippen LogP contribution in [0.5, 0.6) is 0 Å². The maximum absolute atomic E-state index is 12.6. The summed E-state index contributed by atoms with van der Waals surface area (Å²) in [5.41, 5.74) is 1.85. The summed E-state index contributed by atoms with van der Waals surface area (Å²) in [6, 6.07) is 9.87. The van der Waals surface area contributed by atoms with Crippen molar-refractivity contribution in [1.29, 1.82) is 5.26 Å². The predicted molar refractivity (Wildman–Crippen MR) is 108 cm³/mol. The Hall–Kier alpha value is -2.79. The first-order chi connectivity index (χ1) is 14.1. The van der Waals surface area contributed by atoms with Crippen molar-refractivity contribution >= 4 is 12.1 Å². The van der Waals surface area contributed by atoms with Gasteiger partial charge in [-0.1, -0.05) is 12.1 Å². The zero-order valence-corrected chi connectivity index (χ0v) is 17.0. The Labute approximate surface area is 172 Å². The van der Waals surface area contributed by atoms with E-state index in [1.807, 2.05) is 29.2 Å². The van der Waals surface area contributed by atoms with Crippen molar-refractivity contribution in [2.24, 2.45) is 0 Å². The molecule has 1 N–H and O–H groups in total. The third-order valence-electron chi connectivity index (χ3n) is 5.50. The van der Waals surface area contributed by atoms with Crippen molar-refractivity contribution in [3.63, 3.8) is 0 Å². The van der Waals surface area contributed by atoms with Crippen molar-refractivity contribution in [3.8, 4) is 6.07 Å². The Morgan fingerprint density at radius 3 is 2.31 bits per heavy atom. The molecule has 2 fully saturated rings. The molecule has 0 aromatic heterocycles. The molecule has 0 bridgehead atoms. The molecule has 0 spiro atoms. The minimum atomic E-state index is -0.268. The molecule has 2 aliphatic heterocycles. The number of nitrogens with one attached hydrogen (secondary N) is 1. The van der Waals surface area contributed by atoms with Gasteiger partial charge < -0.3 is 19.9 Å². The number of hydrogen-bond donors (Lipinski definition) is 1. The van der Waals surface area contributed by atoms with Crippen LogP contribution in [0.1, 0.15) is 30.9 Å². The molecule has 29 heavy (non-hydrogen) atoms. The van der Waals surface area contributed by atoms with Gasteiger partial charge in [0, 0.05) is 51.9 Å². The fraction of sp³-hybridized carbons (Fsp3) is 0.571. The summed E-state index contributed by atoms with van der Waals surface area (Å²) < 4.78 is 5.03. The molecule has 0 saturated carbocycles. The Morgan fingerprint density at radius 1 is 1.07 bits per heavy atom. The van der Waals surface area contributed by atoms with Crippen LogP contribution in [-0.4, -0.2) is 78.7 Å². The molecule has 0 unspecified atom stereocenters. The van der Waals surface area contributed by atoms with Crippen molar-refractivity contribution < 1.29 is 14.3 Å². The fourth-order valence-electron chi connectivity index (χ4n) is 3.74. The number of hydrogen-bond acceptors (Lipinski definition) is 5. The lowest BCUT2D eigenvalue weighted by Gasteiger charge is -2.37. The van der Waals surface area contributed by atoms with Crippen LogP contribution >= 0.6 is 0 Å². The largest absolute Gasteiger partial charge is 0.450 e. The van der Waals surface area contributed by atoms with E-state index in [9.17, 15) is 9.59 Å². The summed E-state index contributed by atoms with van der Waals surface area (Å²) >= 11 is 0. The number of carbonyl (C=O) groups excluding carboxylic acids is 2. The van der Waals surface area contributed by atoms with Gasteiger partial charge in [-0.05, 0) is 37.5 Å². The monoisotopic (exact) mass is 399 g/mol. The average Bonchev–Trinajstić information content (AvgIpc) is 2.75. The number of ether oxygens (including phenoxy) is 1. The number of piperazine rings is 1. The molecule has 2 saturated heterocycles. The SMILES string of the molecule is CCOC(=O)N1CCC(NC(=O)N2CCN(Cc3ccc(C#N)cc3)CC2)CC1. The van der Waals surface area contributed by atoms with Gasteiger partial charge in [-0.2, -0.15) is 5.26 Å². The summed E-state index contributed by atoms with van der Waals surface area (Å²) in [5.74, 6) is 0. The quantitative estimate of drug-likeness (QED) is 0.837. The summed E-state index contributed by atoms with van der Waals surface area (Å²) in [7, 11) is 0. The highest BCUT2D eigenvalue weighted by molar-refractivity contribution is 5.74. The van der Waals surface area contributed by atoms with E-state index in [1.54, 1.807) is 11.8 Å². The van der Waals surface area contributed by atoms with Gasteiger partial charge in [0.25, 0.3) is 0 Å². The van der Waals surface area contributed by atoms with E-state index < -0.39 is 0 Å². The Kier molecular flexibility index (Phi) is 7.30. The number of likely N-dealkylation sites (tertiary alicyclic amines) is 1. The van der Waals surface area contributed by atoms with Crippen LogP contribution in [0.4, 0.5) is 9.59 Å². The maximum Gasteiger partial charge on any atom is 0.409 e. The lowest BCUT2D eigenvalue weighted by molar-refractivity contribution is 0.0939. The second kappa shape index (κ2) is 10.1. The molecule has 2 aliphatic rings. The first kappa shape index (κ1) is 20.9. The van der Waals surface area contributed by atoms with E-state index in [0.29, 0.717) is 38.3 Å². The molecule has 0 atom stereocenters. The first-order valence-corrected chi connectivity index (χ1v) is 10.3. The number of rotatable bonds is 4. The van der Waals surface area contributed by atoms with Crippen molar-refractivity contribution in [2.75, 3.05) is 45.9 Å². The van der Waals surface area contributed by atoms with E-state index in [0.717, 1.165) is 32.5 Å². The maximum atomic E-state index is 12.6. The molecule has 0 aliphatic carbocycles. The van der Waals surface area contributed by atoms with Gasteiger partial charge in [-0.15, -0.1) is 0 Å². The molecular weight excluding hydrogens is 370 g/mol. The average molecular weight is 399 g/mol. The first-order valence-electron chi connectivity index (χ1n) is 10.3. The molecule has 3 rings (SSSR count). The molecule has 156 valence electrons. The highest BCUT2D eigenvalue weighted by atomic mass is 16.6. The zero-order chi connectivity index (χ0) is 20.6. The smallest absolute Gasteiger partial charge is 0.409 e. The molecule has 3 amide bonds. The van der Waals surface area contributed by atoms with Gasteiger partial charge >= 0.3 is 12.1 Å². The van der Waals surface area contributed by atoms with Crippen molar-refractivity contribution in [1.82, 2.24) is 20.0 Å². The van der Waals surface area contributed by atoms with Crippen molar-refractivity contribution in [2.45, 2.75) is 32.4 Å². The van der Waals surface area contributed by atoms with E-state index in [2.05, 4.69) is 16.3 Å². The second-order valence-corrected chi connectivity index (χ2v) is 7.48. The van der Waals surface area contributed by atoms with Crippen LogP contribution in [0, 0.1) is 11.3 Å². The number of nitriles is 1. The number of nitrogens with zero attached hydrogens (tertiary/aromatic N) is 4. The van der Waals surface area contributed by atoms with Crippen LogP contribution in [0.25, 0.3) is 0 Å². The highest BCUT2D eigenvalue weighted by Gasteiger charge is 2.27. The molecule has 8 nitrogen and oxygen atoms in total. The Bertz CT molecular complexity index is 730. The number of carbonyl (C=O) groups is 2. The minimum Gasteiger partial charge on any atom is -0.450 e. The van der Waals surface area contributed by atoms with E-state index in [1.165, 1.54) is 5.56 Å². The highest BCUT2D eigenvalue weighted by Crippen LogP contribution is 2.13. The Balaban J connectivity index is 1.38. The second-order valence-electron chi connectivity index (χ2n) is 7.48. The van der Waals surface area contributed by atoms with Gasteiger partial charge in [0.15, 0.2) is 0 Å².